The summed E-state index contributed by atoms with van der Waals surface area (Å²) in [6.07, 6.45) is 0.441. The Balaban J connectivity index is 1.93. The third kappa shape index (κ3) is 2.77. The van der Waals surface area contributed by atoms with E-state index >= 15 is 0 Å². The van der Waals surface area contributed by atoms with Crippen LogP contribution in [-0.2, 0) is 16.0 Å². The number of esters is 1. The molecule has 0 radical (unpaired) electrons. The number of hydrogen-bond acceptors (Lipinski definition) is 5. The Morgan fingerprint density at radius 1 is 1.30 bits per heavy atom. The largest absolute Gasteiger partial charge is 0.468 e. The number of hydrogen-bond donors (Lipinski definition) is 1. The molecule has 1 aliphatic rings. The molecule has 1 unspecified atom stereocenters. The maximum Gasteiger partial charge on any atom is 0.322 e. The fourth-order valence-electron chi connectivity index (χ4n) is 2.93. The Morgan fingerprint density at radius 3 is 2.78 bits per heavy atom. The number of nitrogens with two attached hydrogens (primary N) is 1. The maximum atomic E-state index is 11.5. The predicted molar refractivity (Wildman–Crippen MR) is 85.1 cm³/mol. The number of methoxy groups -OCH3 is 1. The molecule has 2 heterocycles. The van der Waals surface area contributed by atoms with E-state index in [0.29, 0.717) is 6.42 Å². The monoisotopic (exact) mass is 316 g/mol. The van der Waals surface area contributed by atoms with Gasteiger partial charge in [-0.25, -0.2) is 0 Å². The highest BCUT2D eigenvalue weighted by molar-refractivity contribution is 5.75. The minimum absolute atomic E-state index is 0.252. The van der Waals surface area contributed by atoms with Gasteiger partial charge in [-0.05, 0) is 37.6 Å². The molecule has 0 saturated carbocycles. The third-order valence-electron chi connectivity index (χ3n) is 4.09. The Hall–Kier alpha value is -2.47. The fourth-order valence-corrected chi connectivity index (χ4v) is 2.93. The summed E-state index contributed by atoms with van der Waals surface area (Å²) in [7, 11) is 1.35. The van der Waals surface area contributed by atoms with Crippen LogP contribution in [0.5, 0.6) is 11.5 Å². The molecule has 23 heavy (non-hydrogen) atoms. The van der Waals surface area contributed by atoms with Crippen LogP contribution in [0.2, 0.25) is 0 Å². The fraction of sp³-hybridized carbons (Fsp3) is 0.353. The number of rotatable bonds is 4. The van der Waals surface area contributed by atoms with Crippen molar-refractivity contribution in [3.05, 3.63) is 41.2 Å². The first-order valence-electron chi connectivity index (χ1n) is 7.42. The standard InChI is InChI=1S/C17H20N2O4/c1-10-6-12(7-14(18)17(20)21-3)11(2)19(10)13-4-5-15-16(8-13)23-9-22-15/h4-6,8,14H,7,9,18H2,1-3H3. The molecule has 2 aromatic rings. The van der Waals surface area contributed by atoms with Crippen molar-refractivity contribution in [2.24, 2.45) is 5.73 Å². The molecule has 1 aromatic heterocycles. The number of aryl methyl sites for hydroxylation is 1. The van der Waals surface area contributed by atoms with Crippen LogP contribution in [0.4, 0.5) is 0 Å². The van der Waals surface area contributed by atoms with E-state index in [-0.39, 0.29) is 6.79 Å². The molecule has 1 aromatic carbocycles. The second-order valence-corrected chi connectivity index (χ2v) is 5.60. The maximum absolute atomic E-state index is 11.5. The quantitative estimate of drug-likeness (QED) is 0.872. The number of benzene rings is 1. The van der Waals surface area contributed by atoms with Gasteiger partial charge < -0.3 is 24.5 Å². The zero-order chi connectivity index (χ0) is 16.6. The number of nitrogens with zero attached hydrogens (tertiary/aromatic N) is 1. The van der Waals surface area contributed by atoms with Gasteiger partial charge in [-0.2, -0.15) is 0 Å². The highest BCUT2D eigenvalue weighted by Crippen LogP contribution is 2.34. The predicted octanol–water partition coefficient (Wildman–Crippen LogP) is 1.87. The van der Waals surface area contributed by atoms with Crippen molar-refractivity contribution in [3.8, 4) is 17.2 Å². The summed E-state index contributed by atoms with van der Waals surface area (Å²) < 4.78 is 17.6. The van der Waals surface area contributed by atoms with Crippen LogP contribution in [-0.4, -0.2) is 30.5 Å². The van der Waals surface area contributed by atoms with Gasteiger partial charge in [-0.15, -0.1) is 0 Å². The molecule has 1 aliphatic heterocycles. The molecule has 2 N–H and O–H groups in total. The number of aromatic nitrogens is 1. The van der Waals surface area contributed by atoms with Crippen molar-refractivity contribution in [3.63, 3.8) is 0 Å². The average Bonchev–Trinajstić information content (AvgIpc) is 3.10. The van der Waals surface area contributed by atoms with Gasteiger partial charge in [0.15, 0.2) is 11.5 Å². The van der Waals surface area contributed by atoms with Gasteiger partial charge in [-0.3, -0.25) is 4.79 Å². The van der Waals surface area contributed by atoms with E-state index in [9.17, 15) is 4.79 Å². The van der Waals surface area contributed by atoms with E-state index in [1.807, 2.05) is 38.1 Å². The smallest absolute Gasteiger partial charge is 0.322 e. The van der Waals surface area contributed by atoms with Crippen molar-refractivity contribution >= 4 is 5.97 Å². The topological polar surface area (TPSA) is 75.7 Å². The lowest BCUT2D eigenvalue weighted by atomic mass is 10.1. The first-order valence-corrected chi connectivity index (χ1v) is 7.42. The zero-order valence-electron chi connectivity index (χ0n) is 13.5. The number of fused-ring (bicyclic) bond motifs is 1. The first-order chi connectivity index (χ1) is 11.0. The van der Waals surface area contributed by atoms with Crippen molar-refractivity contribution in [1.29, 1.82) is 0 Å². The number of carbonyl (C=O) groups is 1. The van der Waals surface area contributed by atoms with Crippen molar-refractivity contribution in [2.45, 2.75) is 26.3 Å². The van der Waals surface area contributed by atoms with Crippen LogP contribution in [0.1, 0.15) is 17.0 Å². The molecule has 1 atom stereocenters. The molecule has 6 nitrogen and oxygen atoms in total. The van der Waals surface area contributed by atoms with Gasteiger partial charge in [0.25, 0.3) is 0 Å². The Bertz CT molecular complexity index is 751. The summed E-state index contributed by atoms with van der Waals surface area (Å²) in [6.45, 7) is 4.28. The summed E-state index contributed by atoms with van der Waals surface area (Å²) in [5.74, 6) is 1.09. The van der Waals surface area contributed by atoms with Crippen LogP contribution in [0.15, 0.2) is 24.3 Å². The van der Waals surface area contributed by atoms with Gasteiger partial charge in [0.2, 0.25) is 6.79 Å². The Labute approximate surface area is 134 Å². The third-order valence-corrected chi connectivity index (χ3v) is 4.09. The van der Waals surface area contributed by atoms with Crippen molar-refractivity contribution in [1.82, 2.24) is 4.57 Å². The second kappa shape index (κ2) is 5.96. The first kappa shape index (κ1) is 15.4. The highest BCUT2D eigenvalue weighted by Gasteiger charge is 2.20. The van der Waals surface area contributed by atoms with Gasteiger partial charge in [0.05, 0.1) is 7.11 Å². The van der Waals surface area contributed by atoms with E-state index in [1.54, 1.807) is 0 Å². The minimum atomic E-state index is -0.661. The zero-order valence-corrected chi connectivity index (χ0v) is 13.5. The molecule has 0 aliphatic carbocycles. The molecular weight excluding hydrogens is 296 g/mol. The lowest BCUT2D eigenvalue weighted by molar-refractivity contribution is -0.142. The van der Waals surface area contributed by atoms with E-state index in [4.69, 9.17) is 19.9 Å². The van der Waals surface area contributed by atoms with E-state index in [1.165, 1.54) is 7.11 Å². The van der Waals surface area contributed by atoms with Crippen LogP contribution >= 0.6 is 0 Å². The molecule has 0 fully saturated rings. The molecule has 3 rings (SSSR count). The summed E-state index contributed by atoms with van der Waals surface area (Å²) >= 11 is 0. The van der Waals surface area contributed by atoms with E-state index in [0.717, 1.165) is 34.1 Å². The van der Waals surface area contributed by atoms with Crippen LogP contribution in [0.3, 0.4) is 0 Å². The summed E-state index contributed by atoms with van der Waals surface area (Å²) in [6, 6.07) is 7.22. The van der Waals surface area contributed by atoms with Gasteiger partial charge in [-0.1, -0.05) is 0 Å². The Morgan fingerprint density at radius 2 is 2.04 bits per heavy atom. The van der Waals surface area contributed by atoms with E-state index in [2.05, 4.69) is 4.57 Å². The number of ether oxygens (including phenoxy) is 3. The van der Waals surface area contributed by atoms with E-state index < -0.39 is 12.0 Å². The minimum Gasteiger partial charge on any atom is -0.468 e. The van der Waals surface area contributed by atoms with Gasteiger partial charge in [0, 0.05) is 29.6 Å². The molecule has 6 heteroatoms. The molecule has 0 spiro atoms. The molecule has 0 amide bonds. The lowest BCUT2D eigenvalue weighted by Crippen LogP contribution is -2.33. The summed E-state index contributed by atoms with van der Waals surface area (Å²) in [5.41, 5.74) is 10.00. The summed E-state index contributed by atoms with van der Waals surface area (Å²) in [4.78, 5) is 11.5. The highest BCUT2D eigenvalue weighted by atomic mass is 16.7. The second-order valence-electron chi connectivity index (χ2n) is 5.60. The van der Waals surface area contributed by atoms with Crippen molar-refractivity contribution < 1.29 is 19.0 Å². The van der Waals surface area contributed by atoms with Gasteiger partial charge >= 0.3 is 5.97 Å². The molecular formula is C17H20N2O4. The van der Waals surface area contributed by atoms with Gasteiger partial charge in [0.1, 0.15) is 6.04 Å². The molecule has 0 saturated heterocycles. The Kier molecular flexibility index (Phi) is 4.00. The average molecular weight is 316 g/mol. The van der Waals surface area contributed by atoms with Crippen LogP contribution < -0.4 is 15.2 Å². The molecule has 0 bridgehead atoms. The van der Waals surface area contributed by atoms with Crippen LogP contribution in [0, 0.1) is 13.8 Å². The van der Waals surface area contributed by atoms with Crippen molar-refractivity contribution in [2.75, 3.05) is 13.9 Å². The number of carbonyl (C=O) groups excluding carboxylic acids is 1. The lowest BCUT2D eigenvalue weighted by Gasteiger charge is -2.12. The SMILES string of the molecule is COC(=O)C(N)Cc1cc(C)n(-c2ccc3c(c2)OCO3)c1C. The molecule has 122 valence electrons. The normalized spacial score (nSPS) is 13.9. The van der Waals surface area contributed by atoms with Crippen LogP contribution in [0.25, 0.3) is 5.69 Å². The summed E-state index contributed by atoms with van der Waals surface area (Å²) in [5, 5.41) is 0.